The van der Waals surface area contributed by atoms with E-state index < -0.39 is 20.0 Å². The highest BCUT2D eigenvalue weighted by molar-refractivity contribution is 9.28. The van der Waals surface area contributed by atoms with E-state index >= 15 is 0 Å². The summed E-state index contributed by atoms with van der Waals surface area (Å²) in [5, 5.41) is 9.07. The van der Waals surface area contributed by atoms with Gasteiger partial charge in [-0.25, -0.2) is 4.57 Å². The highest BCUT2D eigenvalue weighted by Gasteiger charge is 2.22. The molecule has 2 N–H and O–H groups in total. The molecule has 126 valence electrons. The summed E-state index contributed by atoms with van der Waals surface area (Å²) in [4.78, 5) is 9.35. The van der Waals surface area contributed by atoms with Crippen LogP contribution in [0.3, 0.4) is 0 Å². The zero-order valence-electron chi connectivity index (χ0n) is 12.1. The van der Waals surface area contributed by atoms with Crippen molar-refractivity contribution >= 4 is 39.7 Å². The molecule has 0 heterocycles. The number of rotatable bonds is 11. The molecule has 0 aromatic rings. The van der Waals surface area contributed by atoms with Crippen LogP contribution in [-0.2, 0) is 23.1 Å². The molecule has 0 aromatic heterocycles. The van der Waals surface area contributed by atoms with Gasteiger partial charge in [0.05, 0.1) is 41.5 Å². The second kappa shape index (κ2) is 11.1. The molecule has 0 spiro atoms. The van der Waals surface area contributed by atoms with Crippen molar-refractivity contribution in [3.05, 3.63) is 9.65 Å². The third kappa shape index (κ3) is 13.9. The van der Waals surface area contributed by atoms with Crippen LogP contribution in [0.25, 0.3) is 0 Å². The summed E-state index contributed by atoms with van der Waals surface area (Å²) < 4.78 is 31.9. The Hall–Kier alpha value is 0.530. The van der Waals surface area contributed by atoms with Crippen molar-refractivity contribution in [2.75, 3.05) is 19.8 Å². The van der Waals surface area contributed by atoms with Crippen molar-refractivity contribution in [1.82, 2.24) is 0 Å². The summed E-state index contributed by atoms with van der Waals surface area (Å²) in [6.45, 7) is 5.52. The summed E-state index contributed by atoms with van der Waals surface area (Å²) in [5.74, 6) is 0. The molecule has 0 fully saturated rings. The SMILES string of the molecule is CC(O)COC(C)COC(C)COP(=O)(O)OC=C(Br)Br. The first-order chi connectivity index (χ1) is 9.62. The van der Waals surface area contributed by atoms with Crippen molar-refractivity contribution in [2.24, 2.45) is 0 Å². The van der Waals surface area contributed by atoms with E-state index in [0.29, 0.717) is 3.39 Å². The van der Waals surface area contributed by atoms with Gasteiger partial charge in [0.25, 0.3) is 0 Å². The third-order valence-corrected chi connectivity index (χ3v) is 3.21. The van der Waals surface area contributed by atoms with Crippen LogP contribution in [0.2, 0.25) is 0 Å². The molecule has 10 heteroatoms. The van der Waals surface area contributed by atoms with Gasteiger partial charge < -0.3 is 19.1 Å². The van der Waals surface area contributed by atoms with E-state index in [1.807, 2.05) is 0 Å². The summed E-state index contributed by atoms with van der Waals surface area (Å²) in [6.07, 6.45) is -0.139. The zero-order valence-corrected chi connectivity index (χ0v) is 16.1. The van der Waals surface area contributed by atoms with Gasteiger partial charge in [-0.05, 0) is 52.6 Å². The van der Waals surface area contributed by atoms with Crippen molar-refractivity contribution in [2.45, 2.75) is 39.1 Å². The summed E-state index contributed by atoms with van der Waals surface area (Å²) >= 11 is 5.96. The molecule has 0 aliphatic heterocycles. The number of phosphoric acid groups is 1. The van der Waals surface area contributed by atoms with Crippen LogP contribution < -0.4 is 0 Å². The van der Waals surface area contributed by atoms with E-state index in [9.17, 15) is 9.46 Å². The van der Waals surface area contributed by atoms with Gasteiger partial charge in [0.1, 0.15) is 6.26 Å². The Labute approximate surface area is 141 Å². The van der Waals surface area contributed by atoms with Crippen molar-refractivity contribution in [1.29, 1.82) is 0 Å². The molecule has 4 unspecified atom stereocenters. The minimum atomic E-state index is -4.15. The molecule has 0 bridgehead atoms. The van der Waals surface area contributed by atoms with E-state index in [2.05, 4.69) is 36.4 Å². The van der Waals surface area contributed by atoms with Crippen LogP contribution >= 0.6 is 39.7 Å². The number of hydrogen-bond donors (Lipinski definition) is 2. The lowest BCUT2D eigenvalue weighted by Crippen LogP contribution is -2.25. The monoisotopic (exact) mass is 454 g/mol. The Morgan fingerprint density at radius 3 is 2.19 bits per heavy atom. The Kier molecular flexibility index (Phi) is 11.4. The van der Waals surface area contributed by atoms with E-state index in [4.69, 9.17) is 19.1 Å². The molecule has 21 heavy (non-hydrogen) atoms. The fraction of sp³-hybridized carbons (Fsp3) is 0.818. The van der Waals surface area contributed by atoms with Crippen LogP contribution in [0.4, 0.5) is 0 Å². The van der Waals surface area contributed by atoms with E-state index in [1.165, 1.54) is 0 Å². The van der Waals surface area contributed by atoms with Crippen LogP contribution in [-0.4, -0.2) is 48.1 Å². The van der Waals surface area contributed by atoms with Gasteiger partial charge >= 0.3 is 7.82 Å². The maximum atomic E-state index is 11.5. The molecule has 0 saturated heterocycles. The number of halogens is 2. The molecule has 0 aromatic carbocycles. The van der Waals surface area contributed by atoms with Gasteiger partial charge in [0, 0.05) is 0 Å². The molecule has 0 saturated carbocycles. The number of aliphatic hydroxyl groups excluding tert-OH is 1. The number of aliphatic hydroxyl groups is 1. The quantitative estimate of drug-likeness (QED) is 0.365. The van der Waals surface area contributed by atoms with Gasteiger partial charge in [-0.3, -0.25) is 9.42 Å². The minimum absolute atomic E-state index is 0.107. The Morgan fingerprint density at radius 2 is 1.67 bits per heavy atom. The molecule has 0 radical (unpaired) electrons. The first-order valence-corrected chi connectivity index (χ1v) is 9.28. The van der Waals surface area contributed by atoms with Crippen molar-refractivity contribution in [3.63, 3.8) is 0 Å². The lowest BCUT2D eigenvalue weighted by molar-refractivity contribution is -0.0616. The van der Waals surface area contributed by atoms with Gasteiger partial charge in [0.15, 0.2) is 0 Å². The average molecular weight is 456 g/mol. The fourth-order valence-corrected chi connectivity index (χ4v) is 2.21. The van der Waals surface area contributed by atoms with Gasteiger partial charge in [0.2, 0.25) is 0 Å². The Morgan fingerprint density at radius 1 is 1.14 bits per heavy atom. The number of hydrogen-bond acceptors (Lipinski definition) is 6. The molecular formula is C11H21Br2O7P. The van der Waals surface area contributed by atoms with Gasteiger partial charge in [-0.2, -0.15) is 0 Å². The molecular weight excluding hydrogens is 435 g/mol. The average Bonchev–Trinajstić information content (AvgIpc) is 2.38. The standard InChI is InChI=1S/C11H21Br2O7P/c1-8(14)4-17-9(2)5-18-10(3)6-19-21(15,16)20-7-11(12)13/h7-10,14H,4-6H2,1-3H3,(H,15,16). The van der Waals surface area contributed by atoms with Crippen LogP contribution in [0, 0.1) is 0 Å². The molecule has 0 amide bonds. The molecule has 7 nitrogen and oxygen atoms in total. The van der Waals surface area contributed by atoms with E-state index in [0.717, 1.165) is 6.26 Å². The molecule has 4 atom stereocenters. The fourth-order valence-electron chi connectivity index (χ4n) is 1.04. The Bertz CT molecular complexity index is 360. The summed E-state index contributed by atoms with van der Waals surface area (Å²) in [5.41, 5.74) is 0. The largest absolute Gasteiger partial charge is 0.526 e. The topological polar surface area (TPSA) is 94.5 Å². The van der Waals surface area contributed by atoms with E-state index in [-0.39, 0.29) is 25.9 Å². The van der Waals surface area contributed by atoms with Gasteiger partial charge in [-0.15, -0.1) is 0 Å². The Balaban J connectivity index is 3.91. The molecule has 0 aliphatic rings. The third-order valence-electron chi connectivity index (χ3n) is 1.98. The highest BCUT2D eigenvalue weighted by atomic mass is 79.9. The van der Waals surface area contributed by atoms with E-state index in [1.54, 1.807) is 20.8 Å². The highest BCUT2D eigenvalue weighted by Crippen LogP contribution is 2.44. The normalized spacial score (nSPS) is 18.4. The zero-order chi connectivity index (χ0) is 16.5. The van der Waals surface area contributed by atoms with Crippen LogP contribution in [0.1, 0.15) is 20.8 Å². The molecule has 0 rings (SSSR count). The number of phosphoric ester groups is 1. The van der Waals surface area contributed by atoms with Crippen LogP contribution in [0.15, 0.2) is 9.65 Å². The first kappa shape index (κ1) is 21.5. The number of ether oxygens (including phenoxy) is 2. The predicted octanol–water partition coefficient (Wildman–Crippen LogP) is 2.90. The molecule has 0 aliphatic carbocycles. The predicted molar refractivity (Wildman–Crippen MR) is 85.3 cm³/mol. The summed E-state index contributed by atoms with van der Waals surface area (Å²) in [7, 11) is -4.15. The summed E-state index contributed by atoms with van der Waals surface area (Å²) in [6, 6.07) is 0. The maximum absolute atomic E-state index is 11.5. The van der Waals surface area contributed by atoms with Crippen LogP contribution in [0.5, 0.6) is 0 Å². The second-order valence-electron chi connectivity index (χ2n) is 4.41. The van der Waals surface area contributed by atoms with Crippen molar-refractivity contribution in [3.8, 4) is 0 Å². The first-order valence-electron chi connectivity index (χ1n) is 6.20. The lowest BCUT2D eigenvalue weighted by atomic mass is 10.4. The minimum Gasteiger partial charge on any atom is -0.410 e. The smallest absolute Gasteiger partial charge is 0.410 e. The van der Waals surface area contributed by atoms with Gasteiger partial charge in [-0.1, -0.05) is 0 Å². The maximum Gasteiger partial charge on any atom is 0.526 e. The second-order valence-corrected chi connectivity index (χ2v) is 8.59. The van der Waals surface area contributed by atoms with Crippen molar-refractivity contribution < 1.29 is 33.1 Å². The lowest BCUT2D eigenvalue weighted by Gasteiger charge is -2.19.